The van der Waals surface area contributed by atoms with E-state index in [0.29, 0.717) is 6.42 Å². The van der Waals surface area contributed by atoms with Gasteiger partial charge in [0.25, 0.3) is 0 Å². The van der Waals surface area contributed by atoms with Crippen LogP contribution in [0.4, 0.5) is 4.79 Å². The highest BCUT2D eigenvalue weighted by Crippen LogP contribution is 2.21. The largest absolute Gasteiger partial charge is 0.480 e. The number of rotatable bonds is 5. The van der Waals surface area contributed by atoms with Crippen molar-refractivity contribution >= 4 is 12.0 Å². The zero-order valence-corrected chi connectivity index (χ0v) is 12.9. The fourth-order valence-electron chi connectivity index (χ4n) is 2.75. The Hall–Kier alpha value is -1.26. The second-order valence-corrected chi connectivity index (χ2v) is 6.23. The van der Waals surface area contributed by atoms with E-state index < -0.39 is 12.0 Å². The smallest absolute Gasteiger partial charge is 0.326 e. The van der Waals surface area contributed by atoms with Crippen molar-refractivity contribution in [2.24, 2.45) is 5.92 Å². The number of hydrogen-bond donors (Lipinski definition) is 2. The first-order chi connectivity index (χ1) is 9.41. The van der Waals surface area contributed by atoms with Crippen molar-refractivity contribution in [1.29, 1.82) is 0 Å². The third kappa shape index (κ3) is 5.39. The lowest BCUT2D eigenvalue weighted by atomic mass is 10.0. The molecule has 20 heavy (non-hydrogen) atoms. The molecule has 0 heterocycles. The Labute approximate surface area is 121 Å². The summed E-state index contributed by atoms with van der Waals surface area (Å²) in [5, 5.41) is 11.8. The number of urea groups is 1. The number of nitrogens with zero attached hydrogens (tertiary/aromatic N) is 1. The van der Waals surface area contributed by atoms with Crippen LogP contribution in [0.2, 0.25) is 0 Å². The number of carboxylic acid groups (broad SMARTS) is 1. The summed E-state index contributed by atoms with van der Waals surface area (Å²) in [6.45, 7) is 3.91. The quantitative estimate of drug-likeness (QED) is 0.763. The third-order valence-electron chi connectivity index (χ3n) is 4.00. The minimum absolute atomic E-state index is 0.236. The fourth-order valence-corrected chi connectivity index (χ4v) is 2.75. The molecule has 0 aromatic heterocycles. The summed E-state index contributed by atoms with van der Waals surface area (Å²) in [5.74, 6) is -0.721. The minimum atomic E-state index is -0.957. The summed E-state index contributed by atoms with van der Waals surface area (Å²) in [6.07, 6.45) is 7.26. The number of aliphatic carboxylic acids is 1. The average Bonchev–Trinajstić information content (AvgIpc) is 2.65. The number of carbonyl (C=O) groups excluding carboxylic acids is 1. The minimum Gasteiger partial charge on any atom is -0.480 e. The Balaban J connectivity index is 2.55. The summed E-state index contributed by atoms with van der Waals surface area (Å²) in [5.41, 5.74) is 0. The normalized spacial score (nSPS) is 18.4. The van der Waals surface area contributed by atoms with Crippen molar-refractivity contribution in [1.82, 2.24) is 10.2 Å². The summed E-state index contributed by atoms with van der Waals surface area (Å²) in [7, 11) is 1.78. The van der Waals surface area contributed by atoms with E-state index in [1.165, 1.54) is 12.8 Å². The van der Waals surface area contributed by atoms with Crippen LogP contribution in [0.1, 0.15) is 58.8 Å². The molecule has 0 aliphatic heterocycles. The Morgan fingerprint density at radius 2 is 1.75 bits per heavy atom. The molecule has 0 aromatic rings. The lowest BCUT2D eigenvalue weighted by Crippen LogP contribution is -2.50. The molecule has 0 saturated heterocycles. The molecule has 5 nitrogen and oxygen atoms in total. The van der Waals surface area contributed by atoms with Gasteiger partial charge in [-0.15, -0.1) is 0 Å². The molecule has 2 N–H and O–H groups in total. The van der Waals surface area contributed by atoms with Gasteiger partial charge < -0.3 is 15.3 Å². The zero-order valence-electron chi connectivity index (χ0n) is 12.9. The summed E-state index contributed by atoms with van der Waals surface area (Å²) in [4.78, 5) is 25.1. The Kier molecular flexibility index (Phi) is 6.82. The predicted molar refractivity (Wildman–Crippen MR) is 78.7 cm³/mol. The van der Waals surface area contributed by atoms with Crippen LogP contribution in [0, 0.1) is 5.92 Å². The van der Waals surface area contributed by atoms with Gasteiger partial charge in [-0.05, 0) is 25.2 Å². The molecular weight excluding hydrogens is 256 g/mol. The maximum absolute atomic E-state index is 12.2. The van der Waals surface area contributed by atoms with E-state index in [4.69, 9.17) is 0 Å². The van der Waals surface area contributed by atoms with Crippen molar-refractivity contribution in [2.45, 2.75) is 70.9 Å². The van der Waals surface area contributed by atoms with Gasteiger partial charge in [-0.1, -0.05) is 39.5 Å². The van der Waals surface area contributed by atoms with Gasteiger partial charge in [-0.2, -0.15) is 0 Å². The molecule has 0 unspecified atom stereocenters. The predicted octanol–water partition coefficient (Wildman–Crippen LogP) is 2.85. The van der Waals surface area contributed by atoms with Gasteiger partial charge in [0, 0.05) is 13.1 Å². The van der Waals surface area contributed by atoms with E-state index in [-0.39, 0.29) is 18.0 Å². The van der Waals surface area contributed by atoms with E-state index >= 15 is 0 Å². The van der Waals surface area contributed by atoms with Crippen molar-refractivity contribution in [3.63, 3.8) is 0 Å². The van der Waals surface area contributed by atoms with Crippen molar-refractivity contribution < 1.29 is 14.7 Å². The molecule has 0 bridgehead atoms. The summed E-state index contributed by atoms with van der Waals surface area (Å²) >= 11 is 0. The monoisotopic (exact) mass is 284 g/mol. The van der Waals surface area contributed by atoms with Gasteiger partial charge in [0.1, 0.15) is 6.04 Å². The van der Waals surface area contributed by atoms with Crippen LogP contribution in [0.3, 0.4) is 0 Å². The van der Waals surface area contributed by atoms with Gasteiger partial charge in [-0.3, -0.25) is 0 Å². The SMILES string of the molecule is CC(C)C[C@H](NC(=O)N(C)C1CCCCCC1)C(=O)O. The number of nitrogens with one attached hydrogen (secondary N) is 1. The van der Waals surface area contributed by atoms with Crippen LogP contribution in [-0.4, -0.2) is 41.1 Å². The summed E-state index contributed by atoms with van der Waals surface area (Å²) < 4.78 is 0. The third-order valence-corrected chi connectivity index (χ3v) is 4.00. The summed E-state index contributed by atoms with van der Waals surface area (Å²) in [6, 6.07) is -0.813. The molecule has 0 spiro atoms. The van der Waals surface area contributed by atoms with E-state index in [9.17, 15) is 14.7 Å². The number of carboxylic acids is 1. The van der Waals surface area contributed by atoms with Gasteiger partial charge in [0.15, 0.2) is 0 Å². The first kappa shape index (κ1) is 16.8. The van der Waals surface area contributed by atoms with Crippen LogP contribution in [0.5, 0.6) is 0 Å². The molecule has 116 valence electrons. The fraction of sp³-hybridized carbons (Fsp3) is 0.867. The topological polar surface area (TPSA) is 69.6 Å². The Morgan fingerprint density at radius 1 is 1.20 bits per heavy atom. The number of amides is 2. The highest BCUT2D eigenvalue weighted by atomic mass is 16.4. The van der Waals surface area contributed by atoms with Crippen molar-refractivity contribution in [3.05, 3.63) is 0 Å². The van der Waals surface area contributed by atoms with E-state index in [1.807, 2.05) is 13.8 Å². The molecular formula is C15H28N2O3. The molecule has 0 radical (unpaired) electrons. The average molecular weight is 284 g/mol. The van der Waals surface area contributed by atoms with Gasteiger partial charge in [-0.25, -0.2) is 9.59 Å². The van der Waals surface area contributed by atoms with E-state index in [1.54, 1.807) is 11.9 Å². The van der Waals surface area contributed by atoms with Crippen LogP contribution in [0.25, 0.3) is 0 Å². The van der Waals surface area contributed by atoms with Crippen LogP contribution in [0.15, 0.2) is 0 Å². The van der Waals surface area contributed by atoms with E-state index in [0.717, 1.165) is 25.7 Å². The lowest BCUT2D eigenvalue weighted by molar-refractivity contribution is -0.139. The lowest BCUT2D eigenvalue weighted by Gasteiger charge is -2.29. The zero-order chi connectivity index (χ0) is 15.1. The highest BCUT2D eigenvalue weighted by Gasteiger charge is 2.26. The first-order valence-electron chi connectivity index (χ1n) is 7.68. The molecule has 1 aliphatic rings. The maximum atomic E-state index is 12.2. The Morgan fingerprint density at radius 3 is 2.20 bits per heavy atom. The molecule has 1 rings (SSSR count). The molecule has 1 aliphatic carbocycles. The number of hydrogen-bond acceptors (Lipinski definition) is 2. The molecule has 5 heteroatoms. The second kappa shape index (κ2) is 8.12. The maximum Gasteiger partial charge on any atom is 0.326 e. The molecule has 2 amide bonds. The molecule has 1 atom stereocenters. The molecule has 0 aromatic carbocycles. The standard InChI is InChI=1S/C15H28N2O3/c1-11(2)10-13(14(18)19)16-15(20)17(3)12-8-6-4-5-7-9-12/h11-13H,4-10H2,1-3H3,(H,16,20)(H,18,19)/t13-/m0/s1. The molecule has 1 fully saturated rings. The Bertz CT molecular complexity index is 323. The van der Waals surface area contributed by atoms with Gasteiger partial charge in [0.2, 0.25) is 0 Å². The van der Waals surface area contributed by atoms with E-state index in [2.05, 4.69) is 5.32 Å². The second-order valence-electron chi connectivity index (χ2n) is 6.23. The first-order valence-corrected chi connectivity index (χ1v) is 7.68. The van der Waals surface area contributed by atoms with Gasteiger partial charge >= 0.3 is 12.0 Å². The van der Waals surface area contributed by atoms with Crippen LogP contribution >= 0.6 is 0 Å². The van der Waals surface area contributed by atoms with Crippen LogP contribution < -0.4 is 5.32 Å². The van der Waals surface area contributed by atoms with Gasteiger partial charge in [0.05, 0.1) is 0 Å². The van der Waals surface area contributed by atoms with Crippen LogP contribution in [-0.2, 0) is 4.79 Å². The van der Waals surface area contributed by atoms with Crippen molar-refractivity contribution in [3.8, 4) is 0 Å². The van der Waals surface area contributed by atoms with Crippen molar-refractivity contribution in [2.75, 3.05) is 7.05 Å². The highest BCUT2D eigenvalue weighted by molar-refractivity contribution is 5.82. The number of carbonyl (C=O) groups is 2. The molecule has 1 saturated carbocycles.